The van der Waals surface area contributed by atoms with Gasteiger partial charge in [-0.1, -0.05) is 12.8 Å². The number of nitrogens with zero attached hydrogens (tertiary/aromatic N) is 3. The Morgan fingerprint density at radius 2 is 1.96 bits per heavy atom. The molecule has 0 amide bonds. The van der Waals surface area contributed by atoms with E-state index >= 15 is 0 Å². The molecule has 8 heteroatoms. The second kappa shape index (κ2) is 7.20. The van der Waals surface area contributed by atoms with Gasteiger partial charge in [-0.3, -0.25) is 14.9 Å². The number of carbonyl (C=O) groups excluding carboxylic acids is 1. The van der Waals surface area contributed by atoms with E-state index in [1.54, 1.807) is 0 Å². The second-order valence-corrected chi connectivity index (χ2v) is 5.82. The second-order valence-electron chi connectivity index (χ2n) is 5.82. The van der Waals surface area contributed by atoms with Crippen LogP contribution in [0.4, 0.5) is 5.69 Å². The zero-order chi connectivity index (χ0) is 16.9. The number of non-ortho nitro benzene ring substituents is 1. The van der Waals surface area contributed by atoms with Crippen molar-refractivity contribution in [3.05, 3.63) is 40.3 Å². The van der Waals surface area contributed by atoms with E-state index < -0.39 is 4.92 Å². The molecule has 126 valence electrons. The first-order valence-corrected chi connectivity index (χ1v) is 7.84. The minimum Gasteiger partial charge on any atom is -0.456 e. The standard InChI is InChI=1S/C16H17N3O5/c20-15(9-11-3-1-2-4-11)23-10-14-17-18-16(24-14)12-5-7-13(8-6-12)19(21)22/h5-8,11H,1-4,9-10H2. The molecule has 1 saturated carbocycles. The maximum Gasteiger partial charge on any atom is 0.306 e. The van der Waals surface area contributed by atoms with Crippen LogP contribution < -0.4 is 0 Å². The predicted octanol–water partition coefficient (Wildman–Crippen LogP) is 3.27. The topological polar surface area (TPSA) is 108 Å². The summed E-state index contributed by atoms with van der Waals surface area (Å²) in [4.78, 5) is 21.9. The largest absolute Gasteiger partial charge is 0.456 e. The van der Waals surface area contributed by atoms with E-state index in [-0.39, 0.29) is 30.0 Å². The number of hydrogen-bond donors (Lipinski definition) is 0. The lowest BCUT2D eigenvalue weighted by Gasteiger charge is -2.07. The number of nitro benzene ring substituents is 1. The SMILES string of the molecule is O=C(CC1CCCC1)OCc1nnc(-c2ccc([N+](=O)[O-])cc2)o1. The summed E-state index contributed by atoms with van der Waals surface area (Å²) in [5.41, 5.74) is 0.552. The molecule has 0 N–H and O–H groups in total. The summed E-state index contributed by atoms with van der Waals surface area (Å²) >= 11 is 0. The maximum absolute atomic E-state index is 11.8. The number of ether oxygens (including phenoxy) is 1. The molecular weight excluding hydrogens is 314 g/mol. The third-order valence-corrected chi connectivity index (χ3v) is 4.08. The zero-order valence-electron chi connectivity index (χ0n) is 13.0. The van der Waals surface area contributed by atoms with Gasteiger partial charge in [-0.2, -0.15) is 0 Å². The molecule has 1 aromatic carbocycles. The Balaban J connectivity index is 1.55. The number of nitro groups is 1. The van der Waals surface area contributed by atoms with Crippen LogP contribution in [0.1, 0.15) is 38.0 Å². The minimum atomic E-state index is -0.479. The molecule has 24 heavy (non-hydrogen) atoms. The van der Waals surface area contributed by atoms with Crippen LogP contribution in [0.2, 0.25) is 0 Å². The summed E-state index contributed by atoms with van der Waals surface area (Å²) in [5.74, 6) is 0.600. The molecule has 0 unspecified atom stereocenters. The fourth-order valence-electron chi connectivity index (χ4n) is 2.81. The summed E-state index contributed by atoms with van der Waals surface area (Å²) in [7, 11) is 0. The van der Waals surface area contributed by atoms with E-state index in [1.165, 1.54) is 37.1 Å². The van der Waals surface area contributed by atoms with E-state index in [4.69, 9.17) is 9.15 Å². The molecule has 8 nitrogen and oxygen atoms in total. The van der Waals surface area contributed by atoms with Crippen molar-refractivity contribution in [3.8, 4) is 11.5 Å². The quantitative estimate of drug-likeness (QED) is 0.454. The number of carbonyl (C=O) groups is 1. The highest BCUT2D eigenvalue weighted by atomic mass is 16.6. The van der Waals surface area contributed by atoms with Crippen LogP contribution in [0.15, 0.2) is 28.7 Å². The van der Waals surface area contributed by atoms with Gasteiger partial charge in [0.05, 0.1) is 4.92 Å². The van der Waals surface area contributed by atoms with Crippen molar-refractivity contribution in [2.45, 2.75) is 38.7 Å². The lowest BCUT2D eigenvalue weighted by atomic mass is 10.1. The van der Waals surface area contributed by atoms with Crippen molar-refractivity contribution in [3.63, 3.8) is 0 Å². The molecule has 0 saturated heterocycles. The highest BCUT2D eigenvalue weighted by Gasteiger charge is 2.20. The van der Waals surface area contributed by atoms with Crippen molar-refractivity contribution in [1.82, 2.24) is 10.2 Å². The van der Waals surface area contributed by atoms with Crippen LogP contribution in [0.5, 0.6) is 0 Å². The van der Waals surface area contributed by atoms with Gasteiger partial charge in [-0.25, -0.2) is 0 Å². The molecule has 0 aliphatic heterocycles. The van der Waals surface area contributed by atoms with E-state index in [9.17, 15) is 14.9 Å². The molecule has 0 bridgehead atoms. The van der Waals surface area contributed by atoms with Crippen molar-refractivity contribution in [2.24, 2.45) is 5.92 Å². The summed E-state index contributed by atoms with van der Waals surface area (Å²) in [6.07, 6.45) is 4.96. The molecule has 3 rings (SSSR count). The zero-order valence-corrected chi connectivity index (χ0v) is 13.0. The Kier molecular flexibility index (Phi) is 4.83. The van der Waals surface area contributed by atoms with Crippen LogP contribution in [-0.2, 0) is 16.1 Å². The van der Waals surface area contributed by atoms with E-state index in [0.29, 0.717) is 17.9 Å². The highest BCUT2D eigenvalue weighted by molar-refractivity contribution is 5.69. The first-order valence-electron chi connectivity index (χ1n) is 7.84. The average molecular weight is 331 g/mol. The number of esters is 1. The third kappa shape index (κ3) is 3.95. The fraction of sp³-hybridized carbons (Fsp3) is 0.438. The van der Waals surface area contributed by atoms with Gasteiger partial charge in [0.25, 0.3) is 11.6 Å². The number of aromatic nitrogens is 2. The van der Waals surface area contributed by atoms with Crippen molar-refractivity contribution < 1.29 is 18.9 Å². The Morgan fingerprint density at radius 1 is 1.25 bits per heavy atom. The van der Waals surface area contributed by atoms with Crippen LogP contribution in [-0.4, -0.2) is 21.1 Å². The van der Waals surface area contributed by atoms with Crippen LogP contribution in [0.3, 0.4) is 0 Å². The molecule has 1 heterocycles. The molecular formula is C16H17N3O5. The van der Waals surface area contributed by atoms with Crippen LogP contribution in [0.25, 0.3) is 11.5 Å². The summed E-state index contributed by atoms with van der Waals surface area (Å²) in [6, 6.07) is 5.78. The molecule has 0 spiro atoms. The molecule has 0 radical (unpaired) electrons. The van der Waals surface area contributed by atoms with Gasteiger partial charge in [0.2, 0.25) is 5.89 Å². The van der Waals surface area contributed by atoms with Gasteiger partial charge in [-0.15, -0.1) is 10.2 Å². The van der Waals surface area contributed by atoms with Gasteiger partial charge in [0, 0.05) is 24.1 Å². The first-order chi connectivity index (χ1) is 11.6. The molecule has 2 aromatic rings. The summed E-state index contributed by atoms with van der Waals surface area (Å²) in [5, 5.41) is 18.3. The monoisotopic (exact) mass is 331 g/mol. The lowest BCUT2D eigenvalue weighted by molar-refractivity contribution is -0.384. The highest BCUT2D eigenvalue weighted by Crippen LogP contribution is 2.28. The lowest BCUT2D eigenvalue weighted by Crippen LogP contribution is -2.09. The van der Waals surface area contributed by atoms with Crippen LogP contribution >= 0.6 is 0 Å². The Bertz CT molecular complexity index is 720. The van der Waals surface area contributed by atoms with Gasteiger partial charge in [0.1, 0.15) is 0 Å². The van der Waals surface area contributed by atoms with Gasteiger partial charge in [0.15, 0.2) is 6.61 Å². The molecule has 0 atom stereocenters. The van der Waals surface area contributed by atoms with E-state index in [0.717, 1.165) is 12.8 Å². The first kappa shape index (κ1) is 16.1. The minimum absolute atomic E-state index is 0.0145. The number of benzene rings is 1. The average Bonchev–Trinajstić information content (AvgIpc) is 3.24. The maximum atomic E-state index is 11.8. The number of hydrogen-bond acceptors (Lipinski definition) is 7. The molecule has 1 aliphatic rings. The summed E-state index contributed by atoms with van der Waals surface area (Å²) < 4.78 is 10.6. The molecule has 1 fully saturated rings. The van der Waals surface area contributed by atoms with Crippen molar-refractivity contribution >= 4 is 11.7 Å². The normalized spacial score (nSPS) is 14.7. The predicted molar refractivity (Wildman–Crippen MR) is 82.8 cm³/mol. The van der Waals surface area contributed by atoms with Gasteiger partial charge in [-0.05, 0) is 30.9 Å². The number of rotatable bonds is 6. The fourth-order valence-corrected chi connectivity index (χ4v) is 2.81. The van der Waals surface area contributed by atoms with E-state index in [2.05, 4.69) is 10.2 Å². The molecule has 1 aliphatic carbocycles. The Morgan fingerprint density at radius 3 is 2.62 bits per heavy atom. The van der Waals surface area contributed by atoms with Gasteiger partial charge < -0.3 is 9.15 Å². The van der Waals surface area contributed by atoms with E-state index in [1.807, 2.05) is 0 Å². The smallest absolute Gasteiger partial charge is 0.306 e. The molecule has 1 aromatic heterocycles. The summed E-state index contributed by atoms with van der Waals surface area (Å²) in [6.45, 7) is -0.0640. The van der Waals surface area contributed by atoms with Crippen molar-refractivity contribution in [2.75, 3.05) is 0 Å². The Hall–Kier alpha value is -2.77. The third-order valence-electron chi connectivity index (χ3n) is 4.08. The Labute approximate surface area is 138 Å². The van der Waals surface area contributed by atoms with Crippen molar-refractivity contribution in [1.29, 1.82) is 0 Å². The van der Waals surface area contributed by atoms with Gasteiger partial charge >= 0.3 is 5.97 Å². The van der Waals surface area contributed by atoms with Crippen LogP contribution in [0, 0.1) is 16.0 Å².